The third-order valence-electron chi connectivity index (χ3n) is 2.03. The number of anilines is 2. The highest BCUT2D eigenvalue weighted by Gasteiger charge is 2.04. The van der Waals surface area contributed by atoms with Crippen molar-refractivity contribution < 1.29 is 0 Å². The Bertz CT molecular complexity index is 517. The number of nitrogens with zero attached hydrogens (tertiary/aromatic N) is 2. The highest BCUT2D eigenvalue weighted by atomic mass is 79.9. The molecule has 2 aromatic heterocycles. The summed E-state index contributed by atoms with van der Waals surface area (Å²) in [7, 11) is 1.78. The fourth-order valence-corrected chi connectivity index (χ4v) is 2.59. The molecule has 2 aromatic rings. The van der Waals surface area contributed by atoms with Crippen LogP contribution in [0.1, 0.15) is 4.88 Å². The van der Waals surface area contributed by atoms with E-state index in [4.69, 9.17) is 11.6 Å². The number of aromatic nitrogens is 2. The summed E-state index contributed by atoms with van der Waals surface area (Å²) in [5.41, 5.74) is 0. The molecule has 2 heterocycles. The van der Waals surface area contributed by atoms with E-state index in [1.54, 1.807) is 24.6 Å². The van der Waals surface area contributed by atoms with Crippen molar-refractivity contribution in [1.82, 2.24) is 9.97 Å². The fourth-order valence-electron chi connectivity index (χ4n) is 1.23. The van der Waals surface area contributed by atoms with E-state index in [1.165, 1.54) is 0 Å². The summed E-state index contributed by atoms with van der Waals surface area (Å²) in [5, 5.41) is 6.13. The van der Waals surface area contributed by atoms with Gasteiger partial charge in [-0.2, -0.15) is 4.98 Å². The van der Waals surface area contributed by atoms with E-state index >= 15 is 0 Å². The van der Waals surface area contributed by atoms with Gasteiger partial charge >= 0.3 is 0 Å². The highest BCUT2D eigenvalue weighted by Crippen LogP contribution is 2.24. The van der Waals surface area contributed by atoms with E-state index in [0.29, 0.717) is 12.5 Å². The molecule has 0 radical (unpaired) electrons. The third kappa shape index (κ3) is 3.31. The maximum atomic E-state index is 5.87. The Morgan fingerprint density at radius 3 is 2.94 bits per heavy atom. The van der Waals surface area contributed by atoms with Gasteiger partial charge in [-0.05, 0) is 28.1 Å². The second kappa shape index (κ2) is 5.66. The van der Waals surface area contributed by atoms with Gasteiger partial charge in [0.05, 0.1) is 15.4 Å². The molecule has 7 heteroatoms. The van der Waals surface area contributed by atoms with Crippen LogP contribution in [-0.4, -0.2) is 17.0 Å². The molecule has 0 aliphatic rings. The molecule has 90 valence electrons. The summed E-state index contributed by atoms with van der Waals surface area (Å²) >= 11 is 10.8. The van der Waals surface area contributed by atoms with Crippen LogP contribution in [0, 0.1) is 0 Å². The lowest BCUT2D eigenvalue weighted by Gasteiger charge is -2.07. The van der Waals surface area contributed by atoms with Crippen molar-refractivity contribution in [3.05, 3.63) is 32.0 Å². The number of rotatable bonds is 4. The minimum atomic E-state index is 0.583. The minimum absolute atomic E-state index is 0.583. The highest BCUT2D eigenvalue weighted by molar-refractivity contribution is 9.10. The van der Waals surface area contributed by atoms with Crippen LogP contribution in [0.5, 0.6) is 0 Å². The van der Waals surface area contributed by atoms with E-state index in [0.717, 1.165) is 19.5 Å². The SMILES string of the molecule is CNc1ncc(Br)c(NCc2ccc(Cl)s2)n1. The molecule has 0 atom stereocenters. The summed E-state index contributed by atoms with van der Waals surface area (Å²) < 4.78 is 1.62. The van der Waals surface area contributed by atoms with E-state index in [2.05, 4.69) is 36.5 Å². The summed E-state index contributed by atoms with van der Waals surface area (Å²) in [5.74, 6) is 1.34. The molecule has 4 nitrogen and oxygen atoms in total. The van der Waals surface area contributed by atoms with Crippen molar-refractivity contribution in [3.63, 3.8) is 0 Å². The van der Waals surface area contributed by atoms with Gasteiger partial charge in [0.2, 0.25) is 5.95 Å². The second-order valence-electron chi connectivity index (χ2n) is 3.20. The molecule has 2 N–H and O–H groups in total. The van der Waals surface area contributed by atoms with Gasteiger partial charge in [-0.25, -0.2) is 4.98 Å². The zero-order chi connectivity index (χ0) is 12.3. The quantitative estimate of drug-likeness (QED) is 0.897. The predicted octanol–water partition coefficient (Wildman–Crippen LogP) is 3.61. The topological polar surface area (TPSA) is 49.8 Å². The molecule has 0 aliphatic carbocycles. The Morgan fingerprint density at radius 1 is 1.47 bits per heavy atom. The lowest BCUT2D eigenvalue weighted by molar-refractivity contribution is 1.08. The zero-order valence-electron chi connectivity index (χ0n) is 9.00. The van der Waals surface area contributed by atoms with Crippen molar-refractivity contribution in [2.75, 3.05) is 17.7 Å². The lowest BCUT2D eigenvalue weighted by atomic mass is 10.4. The smallest absolute Gasteiger partial charge is 0.224 e. The molecule has 17 heavy (non-hydrogen) atoms. The summed E-state index contributed by atoms with van der Waals surface area (Å²) in [4.78, 5) is 9.55. The summed E-state index contributed by atoms with van der Waals surface area (Å²) in [6, 6.07) is 3.88. The number of thiophene rings is 1. The number of hydrogen-bond acceptors (Lipinski definition) is 5. The second-order valence-corrected chi connectivity index (χ2v) is 5.85. The average molecular weight is 334 g/mol. The van der Waals surface area contributed by atoms with Crippen molar-refractivity contribution in [3.8, 4) is 0 Å². The molecular weight excluding hydrogens is 324 g/mol. The first-order chi connectivity index (χ1) is 8.19. The average Bonchev–Trinajstić information content (AvgIpc) is 2.74. The van der Waals surface area contributed by atoms with Crippen LogP contribution in [0.4, 0.5) is 11.8 Å². The third-order valence-corrected chi connectivity index (χ3v) is 3.84. The van der Waals surface area contributed by atoms with Gasteiger partial charge in [-0.1, -0.05) is 11.6 Å². The first kappa shape index (κ1) is 12.6. The van der Waals surface area contributed by atoms with Crippen LogP contribution in [0.25, 0.3) is 0 Å². The monoisotopic (exact) mass is 332 g/mol. The lowest BCUT2D eigenvalue weighted by Crippen LogP contribution is -2.04. The first-order valence-corrected chi connectivity index (χ1v) is 6.86. The molecule has 0 aromatic carbocycles. The molecule has 0 unspecified atom stereocenters. The van der Waals surface area contributed by atoms with Crippen LogP contribution in [0.3, 0.4) is 0 Å². The summed E-state index contributed by atoms with van der Waals surface area (Å²) in [6.45, 7) is 0.691. The Hall–Kier alpha value is -0.850. The summed E-state index contributed by atoms with van der Waals surface area (Å²) in [6.07, 6.45) is 1.71. The van der Waals surface area contributed by atoms with Crippen LogP contribution >= 0.6 is 38.9 Å². The molecule has 0 aliphatic heterocycles. The normalized spacial score (nSPS) is 10.3. The van der Waals surface area contributed by atoms with Crippen LogP contribution in [0.15, 0.2) is 22.8 Å². The Morgan fingerprint density at radius 2 is 2.29 bits per heavy atom. The standard InChI is InChI=1S/C10H10BrClN4S/c1-13-10-15-5-7(11)9(16-10)14-4-6-2-3-8(12)17-6/h2-3,5H,4H2,1H3,(H2,13,14,15,16). The van der Waals surface area contributed by atoms with Gasteiger partial charge < -0.3 is 10.6 Å². The Kier molecular flexibility index (Phi) is 4.20. The maximum Gasteiger partial charge on any atom is 0.224 e. The predicted molar refractivity (Wildman–Crippen MR) is 75.9 cm³/mol. The Labute approximate surface area is 117 Å². The largest absolute Gasteiger partial charge is 0.364 e. The Balaban J connectivity index is 2.07. The van der Waals surface area contributed by atoms with E-state index < -0.39 is 0 Å². The molecule has 0 spiro atoms. The minimum Gasteiger partial charge on any atom is -0.364 e. The van der Waals surface area contributed by atoms with E-state index in [1.807, 2.05) is 12.1 Å². The van der Waals surface area contributed by atoms with E-state index in [9.17, 15) is 0 Å². The first-order valence-electron chi connectivity index (χ1n) is 4.87. The number of nitrogens with one attached hydrogen (secondary N) is 2. The van der Waals surface area contributed by atoms with Gasteiger partial charge in [-0.15, -0.1) is 11.3 Å². The molecule has 0 saturated heterocycles. The van der Waals surface area contributed by atoms with Gasteiger partial charge in [0.15, 0.2) is 0 Å². The van der Waals surface area contributed by atoms with Crippen molar-refractivity contribution in [1.29, 1.82) is 0 Å². The van der Waals surface area contributed by atoms with Crippen LogP contribution in [-0.2, 0) is 6.54 Å². The number of hydrogen-bond donors (Lipinski definition) is 2. The van der Waals surface area contributed by atoms with E-state index in [-0.39, 0.29) is 0 Å². The molecule has 0 saturated carbocycles. The van der Waals surface area contributed by atoms with Gasteiger partial charge in [0.1, 0.15) is 5.82 Å². The molecule has 0 bridgehead atoms. The van der Waals surface area contributed by atoms with Gasteiger partial charge in [-0.3, -0.25) is 0 Å². The number of halogens is 2. The fraction of sp³-hybridized carbons (Fsp3) is 0.200. The van der Waals surface area contributed by atoms with Gasteiger partial charge in [0.25, 0.3) is 0 Å². The van der Waals surface area contributed by atoms with Crippen LogP contribution in [0.2, 0.25) is 4.34 Å². The molecule has 0 amide bonds. The van der Waals surface area contributed by atoms with Crippen molar-refractivity contribution >= 4 is 50.6 Å². The van der Waals surface area contributed by atoms with Crippen LogP contribution < -0.4 is 10.6 Å². The maximum absolute atomic E-state index is 5.87. The molecule has 0 fully saturated rings. The zero-order valence-corrected chi connectivity index (χ0v) is 12.2. The molecular formula is C10H10BrClN4S. The van der Waals surface area contributed by atoms with Gasteiger partial charge in [0, 0.05) is 18.1 Å². The van der Waals surface area contributed by atoms with Crippen molar-refractivity contribution in [2.45, 2.75) is 6.54 Å². The molecule has 2 rings (SSSR count). The van der Waals surface area contributed by atoms with Crippen molar-refractivity contribution in [2.24, 2.45) is 0 Å².